The number of hydrogen-bond acceptors (Lipinski definition) is 1. The van der Waals surface area contributed by atoms with Crippen LogP contribution in [0, 0.1) is 12.1 Å². The molecular weight excluding hydrogens is 534 g/mol. The van der Waals surface area contributed by atoms with Gasteiger partial charge < -0.3 is 8.98 Å². The van der Waals surface area contributed by atoms with Crippen LogP contribution in [0.3, 0.4) is 0 Å². The molecule has 2 aromatic heterocycles. The van der Waals surface area contributed by atoms with Gasteiger partial charge in [0, 0.05) is 38.8 Å². The normalized spacial score (nSPS) is 14.3. The molecular formula is C42H27NO. The summed E-state index contributed by atoms with van der Waals surface area (Å²) < 4.78 is 8.99. The van der Waals surface area contributed by atoms with E-state index < -0.39 is 0 Å². The molecule has 0 radical (unpaired) electrons. The first kappa shape index (κ1) is 24.0. The Kier molecular flexibility index (Phi) is 4.90. The van der Waals surface area contributed by atoms with Crippen LogP contribution in [0.5, 0.6) is 0 Å². The van der Waals surface area contributed by atoms with E-state index in [1.165, 1.54) is 77.0 Å². The van der Waals surface area contributed by atoms with Crippen LogP contribution in [0.2, 0.25) is 0 Å². The van der Waals surface area contributed by atoms with Crippen LogP contribution < -0.4 is 0 Å². The Balaban J connectivity index is 1.20. The van der Waals surface area contributed by atoms with Crippen molar-refractivity contribution in [2.75, 3.05) is 0 Å². The number of aromatic nitrogens is 1. The number of benzene rings is 5. The van der Waals surface area contributed by atoms with Gasteiger partial charge in [-0.05, 0) is 112 Å². The third-order valence-corrected chi connectivity index (χ3v) is 9.83. The Morgan fingerprint density at radius 2 is 1.50 bits per heavy atom. The standard InChI is InChI=1S/C42H27NO/c1-2-12-31-29(10-1)30-11-3-4-13-32(30)37-25-27(21-22-33(31)37)43-39-18-7-5-14-34(39)38-24-26(20-23-40(38)43)28-16-9-17-36-35-15-6-8-19-41(35)44-42(28)36/h1-2,4,6-10,12-13,15-19,21-22,24-25H,5,14,20,23H2. The lowest BCUT2D eigenvalue weighted by molar-refractivity contribution is 0.667. The number of allylic oxidation sites excluding steroid dienone is 2. The van der Waals surface area contributed by atoms with Gasteiger partial charge in [0.2, 0.25) is 0 Å². The van der Waals surface area contributed by atoms with E-state index in [9.17, 15) is 0 Å². The van der Waals surface area contributed by atoms with Gasteiger partial charge in [0.1, 0.15) is 11.2 Å². The minimum atomic E-state index is 0.952. The second kappa shape index (κ2) is 8.99. The highest BCUT2D eigenvalue weighted by atomic mass is 16.3. The molecule has 0 spiro atoms. The number of rotatable bonds is 2. The Bertz CT molecular complexity index is 2520. The molecule has 206 valence electrons. The highest BCUT2D eigenvalue weighted by molar-refractivity contribution is 6.25. The fourth-order valence-electron chi connectivity index (χ4n) is 7.89. The predicted molar refractivity (Wildman–Crippen MR) is 183 cm³/mol. The lowest BCUT2D eigenvalue weighted by atomic mass is 9.88. The van der Waals surface area contributed by atoms with Gasteiger partial charge in [0.25, 0.3) is 0 Å². The first-order valence-corrected chi connectivity index (χ1v) is 15.5. The van der Waals surface area contributed by atoms with Gasteiger partial charge in [-0.1, -0.05) is 84.9 Å². The van der Waals surface area contributed by atoms with Crippen molar-refractivity contribution in [3.05, 3.63) is 143 Å². The van der Waals surface area contributed by atoms with E-state index in [2.05, 4.69) is 120 Å². The Morgan fingerprint density at radius 3 is 2.45 bits per heavy atom. The topological polar surface area (TPSA) is 18.1 Å². The van der Waals surface area contributed by atoms with Gasteiger partial charge in [-0.2, -0.15) is 0 Å². The average Bonchev–Trinajstić information content (AvgIpc) is 3.64. The number of fused-ring (bicyclic) bond motifs is 12. The second-order valence-electron chi connectivity index (χ2n) is 12.1. The van der Waals surface area contributed by atoms with Crippen molar-refractivity contribution in [2.45, 2.75) is 25.7 Å². The summed E-state index contributed by atoms with van der Waals surface area (Å²) in [7, 11) is 0. The van der Waals surface area contributed by atoms with E-state index in [1.807, 2.05) is 12.1 Å². The number of para-hydroxylation sites is 2. The molecule has 44 heavy (non-hydrogen) atoms. The molecule has 8 aromatic rings. The van der Waals surface area contributed by atoms with Gasteiger partial charge in [-0.15, -0.1) is 0 Å². The maximum atomic E-state index is 6.46. The van der Waals surface area contributed by atoms with Gasteiger partial charge in [-0.3, -0.25) is 0 Å². The van der Waals surface area contributed by atoms with Crippen molar-refractivity contribution in [3.63, 3.8) is 0 Å². The summed E-state index contributed by atoms with van der Waals surface area (Å²) in [6, 6.07) is 41.5. The van der Waals surface area contributed by atoms with Gasteiger partial charge >= 0.3 is 0 Å². The summed E-state index contributed by atoms with van der Waals surface area (Å²) in [5.74, 6) is 0. The zero-order valence-corrected chi connectivity index (χ0v) is 24.2. The molecule has 2 heterocycles. The Labute approximate surface area is 255 Å². The Morgan fingerprint density at radius 1 is 0.682 bits per heavy atom. The molecule has 0 unspecified atom stereocenters. The van der Waals surface area contributed by atoms with Crippen LogP contribution in [0.4, 0.5) is 0 Å². The second-order valence-corrected chi connectivity index (χ2v) is 12.1. The van der Waals surface area contributed by atoms with Gasteiger partial charge in [-0.25, -0.2) is 0 Å². The maximum Gasteiger partial charge on any atom is 0.142 e. The fraction of sp³-hybridized carbons (Fsp3) is 0.0952. The SMILES string of the molecule is c1ccc2c(c#1)c1ccccc1c1ccc(-n3c4c(c5c3CCC(c3cccc6c3oc3ccccc36)=C5)CCC=C4)cc21. The summed E-state index contributed by atoms with van der Waals surface area (Å²) in [5, 5.41) is 9.78. The molecule has 0 saturated heterocycles. The zero-order valence-electron chi connectivity index (χ0n) is 24.2. The largest absolute Gasteiger partial charge is 0.455 e. The molecule has 6 aromatic carbocycles. The summed E-state index contributed by atoms with van der Waals surface area (Å²) in [5.41, 5.74) is 11.3. The number of nitrogens with zero attached hydrogens (tertiary/aromatic N) is 1. The Hall–Kier alpha value is -5.52. The van der Waals surface area contributed by atoms with E-state index in [1.54, 1.807) is 0 Å². The summed E-state index contributed by atoms with van der Waals surface area (Å²) >= 11 is 0. The van der Waals surface area contributed by atoms with Crippen LogP contribution in [-0.4, -0.2) is 4.57 Å². The molecule has 2 aliphatic carbocycles. The monoisotopic (exact) mass is 561 g/mol. The minimum absolute atomic E-state index is 0.952. The van der Waals surface area contributed by atoms with Crippen molar-refractivity contribution < 1.29 is 4.42 Å². The summed E-state index contributed by atoms with van der Waals surface area (Å²) in [6.45, 7) is 0. The van der Waals surface area contributed by atoms with Gasteiger partial charge in [0.05, 0.1) is 0 Å². The molecule has 0 N–H and O–H groups in total. The average molecular weight is 562 g/mol. The van der Waals surface area contributed by atoms with Crippen molar-refractivity contribution in [3.8, 4) is 5.69 Å². The van der Waals surface area contributed by atoms with Crippen molar-refractivity contribution in [2.24, 2.45) is 0 Å². The van der Waals surface area contributed by atoms with Crippen molar-refractivity contribution in [1.82, 2.24) is 4.57 Å². The van der Waals surface area contributed by atoms with E-state index in [-0.39, 0.29) is 0 Å². The van der Waals surface area contributed by atoms with Crippen LogP contribution >= 0.6 is 0 Å². The molecule has 0 amide bonds. The van der Waals surface area contributed by atoms with Crippen molar-refractivity contribution >= 4 is 72.0 Å². The first-order valence-electron chi connectivity index (χ1n) is 15.5. The third kappa shape index (κ3) is 3.27. The van der Waals surface area contributed by atoms with Crippen LogP contribution in [0.25, 0.3) is 77.7 Å². The zero-order chi connectivity index (χ0) is 28.8. The molecule has 2 nitrogen and oxygen atoms in total. The van der Waals surface area contributed by atoms with Crippen LogP contribution in [-0.2, 0) is 12.8 Å². The van der Waals surface area contributed by atoms with E-state index in [0.29, 0.717) is 0 Å². The van der Waals surface area contributed by atoms with Gasteiger partial charge in [0.15, 0.2) is 0 Å². The highest BCUT2D eigenvalue weighted by Gasteiger charge is 2.27. The highest BCUT2D eigenvalue weighted by Crippen LogP contribution is 2.43. The van der Waals surface area contributed by atoms with Crippen molar-refractivity contribution in [1.29, 1.82) is 0 Å². The molecule has 2 heteroatoms. The smallest absolute Gasteiger partial charge is 0.142 e. The summed E-state index contributed by atoms with van der Waals surface area (Å²) in [6.07, 6.45) is 11.2. The quantitative estimate of drug-likeness (QED) is 0.192. The van der Waals surface area contributed by atoms with Crippen LogP contribution in [0.1, 0.15) is 40.9 Å². The molecule has 0 atom stereocenters. The maximum absolute atomic E-state index is 6.46. The van der Waals surface area contributed by atoms with E-state index in [0.717, 1.165) is 42.2 Å². The number of hydrogen-bond donors (Lipinski definition) is 0. The predicted octanol–water partition coefficient (Wildman–Crippen LogP) is 10.9. The molecule has 0 bridgehead atoms. The molecule has 0 saturated carbocycles. The lowest BCUT2D eigenvalue weighted by Crippen LogP contribution is -2.06. The molecule has 0 aliphatic heterocycles. The van der Waals surface area contributed by atoms with Crippen LogP contribution in [0.15, 0.2) is 108 Å². The molecule has 2 aliphatic rings. The van der Waals surface area contributed by atoms with E-state index in [4.69, 9.17) is 4.42 Å². The number of furan rings is 1. The minimum Gasteiger partial charge on any atom is -0.455 e. The lowest BCUT2D eigenvalue weighted by Gasteiger charge is -2.19. The van der Waals surface area contributed by atoms with E-state index >= 15 is 0 Å². The third-order valence-electron chi connectivity index (χ3n) is 9.83. The summed E-state index contributed by atoms with van der Waals surface area (Å²) in [4.78, 5) is 0. The first-order chi connectivity index (χ1) is 21.8. The molecule has 0 fully saturated rings. The molecule has 10 rings (SSSR count). The fourth-order valence-corrected chi connectivity index (χ4v) is 7.89.